The van der Waals surface area contributed by atoms with Gasteiger partial charge in [-0.05, 0) is 18.1 Å². The molecule has 6 nitrogen and oxygen atoms in total. The molecule has 0 aliphatic carbocycles. The van der Waals surface area contributed by atoms with Crippen LogP contribution in [-0.2, 0) is 14.4 Å². The fourth-order valence-electron chi connectivity index (χ4n) is 3.48. The molecule has 1 unspecified atom stereocenters. The van der Waals surface area contributed by atoms with Crippen LogP contribution < -0.4 is 0 Å². The summed E-state index contributed by atoms with van der Waals surface area (Å²) in [5.74, 6) is -1.20. The fourth-order valence-corrected chi connectivity index (χ4v) is 3.48. The number of carbonyl (C=O) groups excluding carboxylic acids is 2. The van der Waals surface area contributed by atoms with E-state index in [2.05, 4.69) is 6.58 Å². The van der Waals surface area contributed by atoms with Gasteiger partial charge in [-0.15, -0.1) is 5.06 Å². The van der Waals surface area contributed by atoms with Gasteiger partial charge in [0.2, 0.25) is 0 Å². The molecule has 1 aliphatic heterocycles. The van der Waals surface area contributed by atoms with E-state index in [1.165, 1.54) is 0 Å². The molecule has 2 aromatic carbocycles. The van der Waals surface area contributed by atoms with E-state index in [1.807, 2.05) is 34.9 Å². The van der Waals surface area contributed by atoms with Crippen molar-refractivity contribution in [2.24, 2.45) is 0 Å². The lowest BCUT2D eigenvalue weighted by molar-refractivity contribution is -0.242. The Morgan fingerprint density at radius 1 is 1.03 bits per heavy atom. The summed E-state index contributed by atoms with van der Waals surface area (Å²) < 4.78 is 1.81. The zero-order chi connectivity index (χ0) is 20.5. The van der Waals surface area contributed by atoms with Crippen molar-refractivity contribution in [3.05, 3.63) is 78.5 Å². The van der Waals surface area contributed by atoms with Gasteiger partial charge in [-0.2, -0.15) is 0 Å². The average Bonchev–Trinajstić information content (AvgIpc) is 3.24. The number of benzene rings is 2. The summed E-state index contributed by atoms with van der Waals surface area (Å²) >= 11 is 0. The van der Waals surface area contributed by atoms with Crippen LogP contribution >= 0.6 is 0 Å². The first-order chi connectivity index (χ1) is 14.1. The Balaban J connectivity index is 1.97. The molecule has 0 bridgehead atoms. The molecular formula is C23H20N2O4. The normalized spacial score (nSPS) is 15.4. The lowest BCUT2D eigenvalue weighted by Crippen LogP contribution is -2.35. The lowest BCUT2D eigenvalue weighted by atomic mass is 9.96. The third kappa shape index (κ3) is 3.08. The van der Waals surface area contributed by atoms with Crippen molar-refractivity contribution < 1.29 is 19.5 Å². The molecule has 1 N–H and O–H groups in total. The number of nitrogens with zero attached hydrogens (tertiary/aromatic N) is 2. The number of fused-ring (bicyclic) bond motifs is 1. The van der Waals surface area contributed by atoms with Gasteiger partial charge in [-0.25, -0.2) is 4.84 Å². The Bertz CT molecular complexity index is 1140. The van der Waals surface area contributed by atoms with Gasteiger partial charge in [-0.1, -0.05) is 62.0 Å². The van der Waals surface area contributed by atoms with Crippen LogP contribution in [0.15, 0.2) is 67.4 Å². The van der Waals surface area contributed by atoms with Crippen LogP contribution in [-0.4, -0.2) is 32.8 Å². The average molecular weight is 388 g/mol. The lowest BCUT2D eigenvalue weighted by Gasteiger charge is -2.17. The van der Waals surface area contributed by atoms with Crippen LogP contribution in [0.4, 0.5) is 0 Å². The number of para-hydroxylation sites is 1. The predicted octanol–water partition coefficient (Wildman–Crippen LogP) is 3.68. The summed E-state index contributed by atoms with van der Waals surface area (Å²) in [5, 5.41) is 11.4. The summed E-state index contributed by atoms with van der Waals surface area (Å²) in [5.41, 5.74) is 2.56. The molecular weight excluding hydrogens is 368 g/mol. The minimum absolute atomic E-state index is 0.237. The number of hydroxylamine groups is 2. The van der Waals surface area contributed by atoms with Gasteiger partial charge >= 0.3 is 0 Å². The standard InChI is InChI=1S/C23H20N2O4/c1-3-19(26)29-25-22(27)20(15-10-6-5-7-11-15)21(23(25)28)17-14-24(4-2)18-13-9-8-12-16(17)18/h4-14,19,26H,2-3H2,1H3. The van der Waals surface area contributed by atoms with E-state index in [9.17, 15) is 14.7 Å². The molecule has 0 fully saturated rings. The second kappa shape index (κ2) is 7.50. The summed E-state index contributed by atoms with van der Waals surface area (Å²) in [6, 6.07) is 16.6. The molecule has 2 amide bonds. The van der Waals surface area contributed by atoms with E-state index in [-0.39, 0.29) is 17.6 Å². The van der Waals surface area contributed by atoms with E-state index in [0.717, 1.165) is 10.9 Å². The first kappa shape index (κ1) is 18.9. The van der Waals surface area contributed by atoms with Gasteiger partial charge in [-0.3, -0.25) is 9.59 Å². The number of aromatic nitrogens is 1. The van der Waals surface area contributed by atoms with Crippen LogP contribution in [0.3, 0.4) is 0 Å². The number of imide groups is 1. The smallest absolute Gasteiger partial charge is 0.286 e. The molecule has 3 aromatic rings. The quantitative estimate of drug-likeness (QED) is 0.517. The van der Waals surface area contributed by atoms with Crippen molar-refractivity contribution >= 4 is 40.1 Å². The summed E-state index contributed by atoms with van der Waals surface area (Å²) in [4.78, 5) is 31.7. The molecule has 0 spiro atoms. The number of rotatable bonds is 6. The fraction of sp³-hybridized carbons (Fsp3) is 0.130. The van der Waals surface area contributed by atoms with Crippen LogP contribution in [0.5, 0.6) is 0 Å². The second-order valence-corrected chi connectivity index (χ2v) is 6.64. The van der Waals surface area contributed by atoms with Gasteiger partial charge in [0.05, 0.1) is 16.7 Å². The van der Waals surface area contributed by atoms with Gasteiger partial charge in [0.15, 0.2) is 6.29 Å². The highest BCUT2D eigenvalue weighted by Crippen LogP contribution is 2.39. The third-order valence-electron chi connectivity index (χ3n) is 4.89. The summed E-state index contributed by atoms with van der Waals surface area (Å²) in [6.45, 7) is 5.52. The molecule has 1 aliphatic rings. The van der Waals surface area contributed by atoms with Crippen LogP contribution in [0.2, 0.25) is 0 Å². The van der Waals surface area contributed by atoms with E-state index in [0.29, 0.717) is 16.2 Å². The molecule has 146 valence electrons. The minimum Gasteiger partial charge on any atom is -0.366 e. The first-order valence-corrected chi connectivity index (χ1v) is 9.32. The van der Waals surface area contributed by atoms with Crippen molar-refractivity contribution in [2.45, 2.75) is 19.6 Å². The SMILES string of the molecule is C=Cn1cc(C2=C(c3ccccc3)C(=O)N(OC(O)CC)C2=O)c2ccccc21. The van der Waals surface area contributed by atoms with Crippen molar-refractivity contribution in [3.63, 3.8) is 0 Å². The number of amides is 2. The zero-order valence-corrected chi connectivity index (χ0v) is 15.9. The van der Waals surface area contributed by atoms with E-state index in [4.69, 9.17) is 4.84 Å². The zero-order valence-electron chi connectivity index (χ0n) is 15.9. The molecule has 1 atom stereocenters. The van der Waals surface area contributed by atoms with Gasteiger partial charge in [0, 0.05) is 23.3 Å². The Morgan fingerprint density at radius 2 is 1.69 bits per heavy atom. The number of carbonyl (C=O) groups is 2. The van der Waals surface area contributed by atoms with Gasteiger partial charge in [0.25, 0.3) is 11.8 Å². The van der Waals surface area contributed by atoms with Crippen LogP contribution in [0.1, 0.15) is 24.5 Å². The first-order valence-electron chi connectivity index (χ1n) is 9.32. The Morgan fingerprint density at radius 3 is 2.38 bits per heavy atom. The maximum Gasteiger partial charge on any atom is 0.286 e. The van der Waals surface area contributed by atoms with Crippen molar-refractivity contribution in [1.82, 2.24) is 9.63 Å². The van der Waals surface area contributed by atoms with Crippen LogP contribution in [0, 0.1) is 0 Å². The monoisotopic (exact) mass is 388 g/mol. The minimum atomic E-state index is -1.26. The molecule has 0 saturated heterocycles. The second-order valence-electron chi connectivity index (χ2n) is 6.64. The maximum absolute atomic E-state index is 13.3. The molecule has 1 aromatic heterocycles. The number of aliphatic hydroxyl groups is 1. The van der Waals surface area contributed by atoms with Crippen molar-refractivity contribution in [2.75, 3.05) is 0 Å². The Kier molecular flexibility index (Phi) is 4.88. The van der Waals surface area contributed by atoms with Gasteiger partial charge in [0.1, 0.15) is 0 Å². The molecule has 29 heavy (non-hydrogen) atoms. The predicted molar refractivity (Wildman–Crippen MR) is 111 cm³/mol. The highest BCUT2D eigenvalue weighted by atomic mass is 16.8. The van der Waals surface area contributed by atoms with Crippen molar-refractivity contribution in [1.29, 1.82) is 0 Å². The highest BCUT2D eigenvalue weighted by Gasteiger charge is 2.42. The van der Waals surface area contributed by atoms with E-state index >= 15 is 0 Å². The third-order valence-corrected chi connectivity index (χ3v) is 4.89. The number of aliphatic hydroxyl groups excluding tert-OH is 1. The van der Waals surface area contributed by atoms with Crippen LogP contribution in [0.25, 0.3) is 28.2 Å². The molecule has 6 heteroatoms. The van der Waals surface area contributed by atoms with E-state index in [1.54, 1.807) is 43.6 Å². The molecule has 0 radical (unpaired) electrons. The summed E-state index contributed by atoms with van der Waals surface area (Å²) in [6.07, 6.45) is 2.41. The largest absolute Gasteiger partial charge is 0.366 e. The number of hydrogen-bond donors (Lipinski definition) is 1. The number of hydrogen-bond acceptors (Lipinski definition) is 4. The maximum atomic E-state index is 13.3. The molecule has 4 rings (SSSR count). The van der Waals surface area contributed by atoms with Gasteiger partial charge < -0.3 is 9.67 Å². The topological polar surface area (TPSA) is 71.8 Å². The molecule has 0 saturated carbocycles. The Labute approximate surface area is 167 Å². The highest BCUT2D eigenvalue weighted by molar-refractivity contribution is 6.49. The Hall–Kier alpha value is -3.48. The van der Waals surface area contributed by atoms with Crippen molar-refractivity contribution in [3.8, 4) is 0 Å². The summed E-state index contributed by atoms with van der Waals surface area (Å²) in [7, 11) is 0. The molecule has 2 heterocycles. The van der Waals surface area contributed by atoms with E-state index < -0.39 is 18.1 Å².